The number of benzene rings is 2. The van der Waals surface area contributed by atoms with Crippen LogP contribution in [0.4, 0.5) is 0 Å². The topological polar surface area (TPSA) is 101 Å². The minimum Gasteiger partial charge on any atom is -0.356 e. The van der Waals surface area contributed by atoms with E-state index in [0.717, 1.165) is 39.6 Å². The van der Waals surface area contributed by atoms with Crippen LogP contribution < -0.4 is 5.32 Å². The van der Waals surface area contributed by atoms with Gasteiger partial charge in [-0.1, -0.05) is 29.8 Å². The second-order valence-electron chi connectivity index (χ2n) is 7.80. The van der Waals surface area contributed by atoms with E-state index in [0.29, 0.717) is 17.4 Å². The summed E-state index contributed by atoms with van der Waals surface area (Å²) in [4.78, 5) is 17.6. The van der Waals surface area contributed by atoms with Gasteiger partial charge in [0.2, 0.25) is 5.91 Å². The fourth-order valence-electron chi connectivity index (χ4n) is 4.10. The van der Waals surface area contributed by atoms with E-state index in [1.54, 1.807) is 6.20 Å². The van der Waals surface area contributed by atoms with Gasteiger partial charge in [0.15, 0.2) is 5.82 Å². The van der Waals surface area contributed by atoms with Crippen molar-refractivity contribution in [2.75, 3.05) is 6.54 Å². The van der Waals surface area contributed by atoms with E-state index < -0.39 is 6.04 Å². The summed E-state index contributed by atoms with van der Waals surface area (Å²) in [7, 11) is 0. The first-order valence-corrected chi connectivity index (χ1v) is 11.1. The molecule has 2 aromatic heterocycles. The van der Waals surface area contributed by atoms with Crippen LogP contribution >= 0.6 is 11.6 Å². The highest BCUT2D eigenvalue weighted by Crippen LogP contribution is 2.34. The number of rotatable bonds is 5. The number of aliphatic imine (C=N–C) groups is 1. The van der Waals surface area contributed by atoms with E-state index >= 15 is 0 Å². The molecule has 0 fully saturated rings. The van der Waals surface area contributed by atoms with Gasteiger partial charge < -0.3 is 5.32 Å². The Labute approximate surface area is 195 Å². The molecule has 2 N–H and O–H groups in total. The van der Waals surface area contributed by atoms with Gasteiger partial charge >= 0.3 is 0 Å². The Hall–Kier alpha value is -3.78. The number of H-pyrrole nitrogens is 1. The van der Waals surface area contributed by atoms with Crippen molar-refractivity contribution in [3.05, 3.63) is 82.5 Å². The lowest BCUT2D eigenvalue weighted by Crippen LogP contribution is -2.25. The molecule has 3 heterocycles. The Morgan fingerprint density at radius 3 is 2.64 bits per heavy atom. The van der Waals surface area contributed by atoms with Crippen molar-refractivity contribution < 1.29 is 4.79 Å². The summed E-state index contributed by atoms with van der Waals surface area (Å²) >= 11 is 6.16. The second-order valence-corrected chi connectivity index (χ2v) is 8.24. The fourth-order valence-corrected chi connectivity index (χ4v) is 4.23. The maximum absolute atomic E-state index is 12.5. The summed E-state index contributed by atoms with van der Waals surface area (Å²) < 4.78 is 1.99. The Morgan fingerprint density at radius 2 is 1.91 bits per heavy atom. The van der Waals surface area contributed by atoms with Gasteiger partial charge in [0, 0.05) is 34.5 Å². The van der Waals surface area contributed by atoms with Crippen LogP contribution in [0.25, 0.3) is 16.9 Å². The number of halogens is 1. The van der Waals surface area contributed by atoms with E-state index in [-0.39, 0.29) is 12.3 Å². The number of nitrogens with zero attached hydrogens (tertiary/aromatic N) is 5. The van der Waals surface area contributed by atoms with Gasteiger partial charge in [0.05, 0.1) is 23.5 Å². The number of nitrogens with one attached hydrogen (secondary N) is 2. The van der Waals surface area contributed by atoms with Crippen LogP contribution in [0.1, 0.15) is 42.2 Å². The standard InChI is InChI=1S/C24H22ClN7O/c1-3-26-22(33)13-20-24-31-29-14(2)32(24)21-9-6-16(19-10-11-27-30-19)12-18(21)23(28-20)15-4-7-17(25)8-5-15/h4-12,20H,3,13H2,1-2H3,(H,26,33)(H,27,30)/t20-/m0/s1. The van der Waals surface area contributed by atoms with E-state index in [4.69, 9.17) is 16.6 Å². The number of aromatic nitrogens is 5. The number of carbonyl (C=O) groups is 1. The zero-order valence-electron chi connectivity index (χ0n) is 18.2. The highest BCUT2D eigenvalue weighted by molar-refractivity contribution is 6.30. The van der Waals surface area contributed by atoms with Gasteiger partial charge in [0.25, 0.3) is 0 Å². The summed E-state index contributed by atoms with van der Waals surface area (Å²) in [5, 5.41) is 19.3. The molecule has 2 aromatic carbocycles. The first-order valence-electron chi connectivity index (χ1n) is 10.7. The first-order chi connectivity index (χ1) is 16.0. The maximum atomic E-state index is 12.5. The molecule has 0 unspecified atom stereocenters. The highest BCUT2D eigenvalue weighted by Gasteiger charge is 2.30. The number of hydrogen-bond acceptors (Lipinski definition) is 5. The van der Waals surface area contributed by atoms with Crippen molar-refractivity contribution in [1.82, 2.24) is 30.3 Å². The lowest BCUT2D eigenvalue weighted by atomic mass is 9.97. The van der Waals surface area contributed by atoms with Gasteiger partial charge in [-0.3, -0.25) is 19.5 Å². The number of carbonyl (C=O) groups excluding carboxylic acids is 1. The summed E-state index contributed by atoms with van der Waals surface area (Å²) in [5.41, 5.74) is 5.36. The minimum absolute atomic E-state index is 0.0852. The van der Waals surface area contributed by atoms with Crippen molar-refractivity contribution in [1.29, 1.82) is 0 Å². The van der Waals surface area contributed by atoms with E-state index in [2.05, 4.69) is 31.8 Å². The van der Waals surface area contributed by atoms with Crippen LogP contribution in [-0.4, -0.2) is 43.1 Å². The third kappa shape index (κ3) is 3.93. The van der Waals surface area contributed by atoms with Crippen molar-refractivity contribution in [2.24, 2.45) is 4.99 Å². The van der Waals surface area contributed by atoms with Gasteiger partial charge in [-0.25, -0.2) is 0 Å². The quantitative estimate of drug-likeness (QED) is 0.470. The summed E-state index contributed by atoms with van der Waals surface area (Å²) in [6, 6.07) is 15.1. The normalized spacial score (nSPS) is 14.8. The molecule has 0 saturated heterocycles. The molecule has 8 nitrogen and oxygen atoms in total. The van der Waals surface area contributed by atoms with E-state index in [1.807, 2.05) is 60.9 Å². The van der Waals surface area contributed by atoms with Gasteiger partial charge in [-0.2, -0.15) is 5.10 Å². The van der Waals surface area contributed by atoms with E-state index in [1.165, 1.54) is 0 Å². The Morgan fingerprint density at radius 1 is 1.12 bits per heavy atom. The fraction of sp³-hybridized carbons (Fsp3) is 0.208. The molecule has 1 aliphatic rings. The molecule has 0 radical (unpaired) electrons. The van der Waals surface area contributed by atoms with Crippen LogP contribution in [0, 0.1) is 6.92 Å². The monoisotopic (exact) mass is 459 g/mol. The Kier molecular flexibility index (Phi) is 5.51. The summed E-state index contributed by atoms with van der Waals surface area (Å²) in [6.07, 6.45) is 1.89. The number of aromatic amines is 1. The van der Waals surface area contributed by atoms with Crippen LogP contribution in [0.5, 0.6) is 0 Å². The molecule has 0 aliphatic carbocycles. The maximum Gasteiger partial charge on any atom is 0.222 e. The number of aryl methyl sites for hydroxylation is 1. The molecule has 33 heavy (non-hydrogen) atoms. The molecule has 4 aromatic rings. The third-order valence-corrected chi connectivity index (χ3v) is 5.86. The average molecular weight is 460 g/mol. The molecule has 1 aliphatic heterocycles. The molecule has 166 valence electrons. The summed E-state index contributed by atoms with van der Waals surface area (Å²) in [5.74, 6) is 1.28. The zero-order valence-corrected chi connectivity index (χ0v) is 19.0. The smallest absolute Gasteiger partial charge is 0.222 e. The predicted octanol–water partition coefficient (Wildman–Crippen LogP) is 4.04. The molecular formula is C24H22ClN7O. The summed E-state index contributed by atoms with van der Waals surface area (Å²) in [6.45, 7) is 4.35. The van der Waals surface area contributed by atoms with Crippen LogP contribution in [0.2, 0.25) is 5.02 Å². The molecule has 0 saturated carbocycles. The van der Waals surface area contributed by atoms with Gasteiger partial charge in [-0.15, -0.1) is 10.2 Å². The highest BCUT2D eigenvalue weighted by atomic mass is 35.5. The van der Waals surface area contributed by atoms with Crippen molar-refractivity contribution in [3.63, 3.8) is 0 Å². The molecule has 0 spiro atoms. The largest absolute Gasteiger partial charge is 0.356 e. The molecular weight excluding hydrogens is 438 g/mol. The SMILES string of the molecule is CCNC(=O)C[C@@H]1N=C(c2ccc(Cl)cc2)c2cc(-c3ccn[nH]3)ccc2-n2c(C)nnc21. The predicted molar refractivity (Wildman–Crippen MR) is 127 cm³/mol. The van der Waals surface area contributed by atoms with Gasteiger partial charge in [0.1, 0.15) is 11.9 Å². The first kappa shape index (κ1) is 21.1. The van der Waals surface area contributed by atoms with Crippen molar-refractivity contribution in [2.45, 2.75) is 26.3 Å². The molecule has 1 atom stereocenters. The molecule has 0 bridgehead atoms. The van der Waals surface area contributed by atoms with Crippen LogP contribution in [0.3, 0.4) is 0 Å². The van der Waals surface area contributed by atoms with Crippen LogP contribution in [0.15, 0.2) is 59.7 Å². The third-order valence-electron chi connectivity index (χ3n) is 5.61. The van der Waals surface area contributed by atoms with Crippen LogP contribution in [-0.2, 0) is 4.79 Å². The molecule has 9 heteroatoms. The number of fused-ring (bicyclic) bond motifs is 3. The second kappa shape index (κ2) is 8.63. The Bertz CT molecular complexity index is 1340. The number of hydrogen-bond donors (Lipinski definition) is 2. The minimum atomic E-state index is -0.494. The van der Waals surface area contributed by atoms with Gasteiger partial charge in [-0.05, 0) is 44.2 Å². The molecule has 5 rings (SSSR count). The average Bonchev–Trinajstić information content (AvgIpc) is 3.45. The van der Waals surface area contributed by atoms with Crippen molar-refractivity contribution in [3.8, 4) is 16.9 Å². The zero-order chi connectivity index (χ0) is 22.9. The molecule has 1 amide bonds. The van der Waals surface area contributed by atoms with E-state index in [9.17, 15) is 4.79 Å². The number of amides is 1. The Balaban J connectivity index is 1.75. The lowest BCUT2D eigenvalue weighted by Gasteiger charge is -2.14. The van der Waals surface area contributed by atoms with Crippen molar-refractivity contribution >= 4 is 23.2 Å². The lowest BCUT2D eigenvalue weighted by molar-refractivity contribution is -0.121.